The molecule has 104 valence electrons. The van der Waals surface area contributed by atoms with Crippen LogP contribution in [0.3, 0.4) is 0 Å². The number of anilines is 1. The van der Waals surface area contributed by atoms with Gasteiger partial charge in [-0.25, -0.2) is 4.79 Å². The van der Waals surface area contributed by atoms with Gasteiger partial charge in [-0.15, -0.1) is 0 Å². The first kappa shape index (κ1) is 12.8. The molecule has 0 aliphatic carbocycles. The van der Waals surface area contributed by atoms with Crippen LogP contribution < -0.4 is 9.64 Å². The van der Waals surface area contributed by atoms with Gasteiger partial charge in [0, 0.05) is 12.4 Å². The molecule has 0 amide bonds. The number of hydrogen-bond donors (Lipinski definition) is 0. The van der Waals surface area contributed by atoms with Crippen LogP contribution in [0.25, 0.3) is 10.8 Å². The van der Waals surface area contributed by atoms with Crippen LogP contribution in [0.15, 0.2) is 36.4 Å². The summed E-state index contributed by atoms with van der Waals surface area (Å²) in [5.74, 6) is 0.452. The Bertz CT molecular complexity index is 653. The van der Waals surface area contributed by atoms with E-state index in [4.69, 9.17) is 9.47 Å². The van der Waals surface area contributed by atoms with Crippen LogP contribution in [0.1, 0.15) is 6.92 Å². The molecule has 3 rings (SSSR count). The summed E-state index contributed by atoms with van der Waals surface area (Å²) in [4.78, 5) is 14.0. The maximum absolute atomic E-state index is 11.9. The van der Waals surface area contributed by atoms with E-state index in [0.29, 0.717) is 13.2 Å². The van der Waals surface area contributed by atoms with E-state index in [-0.39, 0.29) is 5.97 Å². The van der Waals surface area contributed by atoms with Crippen molar-refractivity contribution in [2.24, 2.45) is 0 Å². The maximum atomic E-state index is 11.9. The van der Waals surface area contributed by atoms with Crippen molar-refractivity contribution in [2.45, 2.75) is 13.0 Å². The SMILES string of the molecule is CCOC(=O)C1CN(C)c2ccc3ccccc3c2O1. The Hall–Kier alpha value is -2.23. The third-order valence-electron chi connectivity index (χ3n) is 3.52. The van der Waals surface area contributed by atoms with Crippen LogP contribution in [0, 0.1) is 0 Å². The van der Waals surface area contributed by atoms with Crippen molar-refractivity contribution in [1.29, 1.82) is 0 Å². The van der Waals surface area contributed by atoms with Gasteiger partial charge in [0.05, 0.1) is 18.8 Å². The van der Waals surface area contributed by atoms with E-state index in [9.17, 15) is 4.79 Å². The molecule has 0 aromatic heterocycles. The van der Waals surface area contributed by atoms with E-state index >= 15 is 0 Å². The Labute approximate surface area is 117 Å². The number of rotatable bonds is 2. The van der Waals surface area contributed by atoms with Gasteiger partial charge in [0.2, 0.25) is 6.10 Å². The van der Waals surface area contributed by atoms with Crippen LogP contribution in [0.2, 0.25) is 0 Å². The largest absolute Gasteiger partial charge is 0.474 e. The molecule has 0 saturated carbocycles. The standard InChI is InChI=1S/C16H17NO3/c1-3-19-16(18)14-10-17(2)13-9-8-11-6-4-5-7-12(11)15(13)20-14/h4-9,14H,3,10H2,1-2H3. The van der Waals surface area contributed by atoms with Gasteiger partial charge in [0.15, 0.2) is 5.75 Å². The van der Waals surface area contributed by atoms with Crippen LogP contribution in [-0.4, -0.2) is 32.3 Å². The molecule has 4 heteroatoms. The lowest BCUT2D eigenvalue weighted by Crippen LogP contribution is -2.43. The van der Waals surface area contributed by atoms with Crippen LogP contribution in [0.5, 0.6) is 5.75 Å². The van der Waals surface area contributed by atoms with E-state index in [2.05, 4.69) is 6.07 Å². The summed E-state index contributed by atoms with van der Waals surface area (Å²) in [6.45, 7) is 2.67. The molecule has 2 aromatic carbocycles. The lowest BCUT2D eigenvalue weighted by atomic mass is 10.1. The fourth-order valence-corrected chi connectivity index (χ4v) is 2.54. The maximum Gasteiger partial charge on any atom is 0.349 e. The van der Waals surface area contributed by atoms with Crippen molar-refractivity contribution >= 4 is 22.4 Å². The number of hydrogen-bond acceptors (Lipinski definition) is 4. The molecule has 1 unspecified atom stereocenters. The Kier molecular flexibility index (Phi) is 3.22. The number of likely N-dealkylation sites (N-methyl/N-ethyl adjacent to an activating group) is 1. The third kappa shape index (κ3) is 2.07. The molecule has 0 radical (unpaired) electrons. The Morgan fingerprint density at radius 3 is 2.95 bits per heavy atom. The summed E-state index contributed by atoms with van der Waals surface area (Å²) in [5, 5.41) is 2.12. The van der Waals surface area contributed by atoms with Crippen molar-refractivity contribution in [3.63, 3.8) is 0 Å². The van der Waals surface area contributed by atoms with Gasteiger partial charge in [-0.05, 0) is 18.4 Å². The van der Waals surface area contributed by atoms with Gasteiger partial charge in [0.25, 0.3) is 0 Å². The third-order valence-corrected chi connectivity index (χ3v) is 3.52. The fourth-order valence-electron chi connectivity index (χ4n) is 2.54. The first-order chi connectivity index (χ1) is 9.70. The number of nitrogens with zero attached hydrogens (tertiary/aromatic N) is 1. The number of esters is 1. The number of fused-ring (bicyclic) bond motifs is 3. The lowest BCUT2D eigenvalue weighted by Gasteiger charge is -2.33. The molecule has 1 aliphatic heterocycles. The van der Waals surface area contributed by atoms with E-state index in [1.54, 1.807) is 6.92 Å². The highest BCUT2D eigenvalue weighted by molar-refractivity contribution is 5.95. The lowest BCUT2D eigenvalue weighted by molar-refractivity contribution is -0.151. The fraction of sp³-hybridized carbons (Fsp3) is 0.312. The molecule has 1 aliphatic rings. The summed E-state index contributed by atoms with van der Waals surface area (Å²) >= 11 is 0. The van der Waals surface area contributed by atoms with Gasteiger partial charge < -0.3 is 14.4 Å². The monoisotopic (exact) mass is 271 g/mol. The van der Waals surface area contributed by atoms with Crippen LogP contribution in [0.4, 0.5) is 5.69 Å². The van der Waals surface area contributed by atoms with Gasteiger partial charge in [-0.3, -0.25) is 0 Å². The second-order valence-corrected chi connectivity index (χ2v) is 4.87. The summed E-state index contributed by atoms with van der Waals surface area (Å²) in [6.07, 6.45) is -0.571. The summed E-state index contributed by atoms with van der Waals surface area (Å²) in [7, 11) is 1.96. The molecule has 4 nitrogen and oxygen atoms in total. The Morgan fingerprint density at radius 1 is 1.35 bits per heavy atom. The first-order valence-corrected chi connectivity index (χ1v) is 6.77. The minimum absolute atomic E-state index is 0.307. The van der Waals surface area contributed by atoms with E-state index < -0.39 is 6.10 Å². The summed E-state index contributed by atoms with van der Waals surface area (Å²) in [5.41, 5.74) is 1.00. The molecule has 20 heavy (non-hydrogen) atoms. The quantitative estimate of drug-likeness (QED) is 0.787. The Morgan fingerprint density at radius 2 is 2.15 bits per heavy atom. The van der Waals surface area contributed by atoms with Gasteiger partial charge >= 0.3 is 5.97 Å². The number of carbonyl (C=O) groups excluding carboxylic acids is 1. The molecule has 2 aromatic rings. The van der Waals surface area contributed by atoms with Crippen LogP contribution >= 0.6 is 0 Å². The summed E-state index contributed by atoms with van der Waals surface area (Å²) < 4.78 is 11.0. The molecule has 0 bridgehead atoms. The zero-order chi connectivity index (χ0) is 14.1. The van der Waals surface area contributed by atoms with Gasteiger partial charge in [-0.1, -0.05) is 30.3 Å². The topological polar surface area (TPSA) is 38.8 Å². The molecule has 0 N–H and O–H groups in total. The van der Waals surface area contributed by atoms with Gasteiger partial charge in [0.1, 0.15) is 0 Å². The predicted molar refractivity (Wildman–Crippen MR) is 78.3 cm³/mol. The normalized spacial score (nSPS) is 17.5. The van der Waals surface area contributed by atoms with Gasteiger partial charge in [-0.2, -0.15) is 0 Å². The average molecular weight is 271 g/mol. The Balaban J connectivity index is 2.04. The van der Waals surface area contributed by atoms with Crippen LogP contribution in [-0.2, 0) is 9.53 Å². The molecule has 0 spiro atoms. The zero-order valence-electron chi connectivity index (χ0n) is 11.6. The minimum atomic E-state index is -0.571. The second kappa shape index (κ2) is 5.04. The first-order valence-electron chi connectivity index (χ1n) is 6.77. The highest BCUT2D eigenvalue weighted by Gasteiger charge is 2.31. The van der Waals surface area contributed by atoms with E-state index in [1.807, 2.05) is 42.3 Å². The molecule has 1 heterocycles. The predicted octanol–water partition coefficient (Wildman–Crippen LogP) is 2.60. The molecule has 1 atom stereocenters. The number of ether oxygens (including phenoxy) is 2. The zero-order valence-corrected chi connectivity index (χ0v) is 11.6. The number of carbonyl (C=O) groups is 1. The summed E-state index contributed by atoms with van der Waals surface area (Å²) in [6, 6.07) is 12.1. The molecular weight excluding hydrogens is 254 g/mol. The van der Waals surface area contributed by atoms with Crippen molar-refractivity contribution in [1.82, 2.24) is 0 Å². The highest BCUT2D eigenvalue weighted by Crippen LogP contribution is 2.39. The molecular formula is C16H17NO3. The van der Waals surface area contributed by atoms with E-state index in [1.165, 1.54) is 0 Å². The van der Waals surface area contributed by atoms with E-state index in [0.717, 1.165) is 22.2 Å². The number of benzene rings is 2. The molecule has 0 saturated heterocycles. The highest BCUT2D eigenvalue weighted by atomic mass is 16.6. The van der Waals surface area contributed by atoms with Crippen molar-refractivity contribution in [2.75, 3.05) is 25.1 Å². The minimum Gasteiger partial charge on any atom is -0.474 e. The second-order valence-electron chi connectivity index (χ2n) is 4.87. The van der Waals surface area contributed by atoms with Crippen molar-refractivity contribution in [3.8, 4) is 5.75 Å². The average Bonchev–Trinajstić information content (AvgIpc) is 2.47. The molecule has 0 fully saturated rings. The van der Waals surface area contributed by atoms with Crippen molar-refractivity contribution < 1.29 is 14.3 Å². The van der Waals surface area contributed by atoms with Crippen molar-refractivity contribution in [3.05, 3.63) is 36.4 Å². The smallest absolute Gasteiger partial charge is 0.349 e.